The van der Waals surface area contributed by atoms with E-state index in [0.29, 0.717) is 25.3 Å². The average molecular weight is 268 g/mol. The third-order valence-corrected chi connectivity index (χ3v) is 3.43. The van der Waals surface area contributed by atoms with Crippen molar-refractivity contribution in [2.75, 3.05) is 5.32 Å². The molecule has 1 amide bonds. The fraction of sp³-hybridized carbons (Fsp3) is 0.188. The highest BCUT2D eigenvalue weighted by Crippen LogP contribution is 2.21. The van der Waals surface area contributed by atoms with E-state index >= 15 is 0 Å². The molecule has 0 aliphatic carbocycles. The van der Waals surface area contributed by atoms with E-state index < -0.39 is 0 Å². The van der Waals surface area contributed by atoms with Crippen molar-refractivity contribution in [3.05, 3.63) is 64.7 Å². The number of nitrogens with two attached hydrogens (primary N) is 1. The van der Waals surface area contributed by atoms with Crippen molar-refractivity contribution in [1.29, 1.82) is 0 Å². The highest BCUT2D eigenvalue weighted by Gasteiger charge is 2.14. The molecule has 0 fully saturated rings. The molecule has 1 aliphatic rings. The van der Waals surface area contributed by atoms with Crippen molar-refractivity contribution in [3.63, 3.8) is 0 Å². The van der Waals surface area contributed by atoms with Crippen LogP contribution >= 0.6 is 0 Å². The minimum absolute atomic E-state index is 0.111. The SMILES string of the molecule is NCc1ccc(NC(=O)c2ccc3c(c2)COC3)cc1. The summed E-state index contributed by atoms with van der Waals surface area (Å²) >= 11 is 0. The number of ether oxygens (including phenoxy) is 1. The average Bonchev–Trinajstić information content (AvgIpc) is 2.95. The summed E-state index contributed by atoms with van der Waals surface area (Å²) in [6.45, 7) is 1.72. The molecule has 3 rings (SSSR count). The Hall–Kier alpha value is -2.17. The summed E-state index contributed by atoms with van der Waals surface area (Å²) in [4.78, 5) is 12.2. The van der Waals surface area contributed by atoms with Gasteiger partial charge in [0.1, 0.15) is 0 Å². The summed E-state index contributed by atoms with van der Waals surface area (Å²) in [5, 5.41) is 2.88. The molecule has 0 atom stereocenters. The lowest BCUT2D eigenvalue weighted by molar-refractivity contribution is 0.102. The number of anilines is 1. The molecule has 2 aromatic carbocycles. The number of hydrogen-bond acceptors (Lipinski definition) is 3. The second-order valence-electron chi connectivity index (χ2n) is 4.83. The van der Waals surface area contributed by atoms with Crippen LogP contribution in [-0.2, 0) is 24.5 Å². The van der Waals surface area contributed by atoms with E-state index in [9.17, 15) is 4.79 Å². The second kappa shape index (κ2) is 5.45. The van der Waals surface area contributed by atoms with Crippen LogP contribution in [0.1, 0.15) is 27.0 Å². The standard InChI is InChI=1S/C16H16N2O2/c17-8-11-1-5-15(6-2-11)18-16(19)12-3-4-13-9-20-10-14(13)7-12/h1-7H,8-10,17H2,(H,18,19). The van der Waals surface area contributed by atoms with Crippen molar-refractivity contribution >= 4 is 11.6 Å². The summed E-state index contributed by atoms with van der Waals surface area (Å²) in [5.41, 5.74) is 10.3. The van der Waals surface area contributed by atoms with Gasteiger partial charge in [-0.25, -0.2) is 0 Å². The number of hydrogen-bond donors (Lipinski definition) is 2. The summed E-state index contributed by atoms with van der Waals surface area (Å²) in [5.74, 6) is -0.111. The zero-order chi connectivity index (χ0) is 13.9. The first-order chi connectivity index (χ1) is 9.76. The molecule has 3 N–H and O–H groups in total. The lowest BCUT2D eigenvalue weighted by Gasteiger charge is -2.07. The quantitative estimate of drug-likeness (QED) is 0.898. The van der Waals surface area contributed by atoms with Gasteiger partial charge in [0.05, 0.1) is 13.2 Å². The van der Waals surface area contributed by atoms with E-state index in [4.69, 9.17) is 10.5 Å². The smallest absolute Gasteiger partial charge is 0.255 e. The van der Waals surface area contributed by atoms with E-state index in [1.807, 2.05) is 42.5 Å². The van der Waals surface area contributed by atoms with E-state index in [-0.39, 0.29) is 5.91 Å². The Kier molecular flexibility index (Phi) is 3.50. The van der Waals surface area contributed by atoms with Crippen molar-refractivity contribution < 1.29 is 9.53 Å². The van der Waals surface area contributed by atoms with Crippen molar-refractivity contribution in [2.24, 2.45) is 5.73 Å². The van der Waals surface area contributed by atoms with Gasteiger partial charge < -0.3 is 15.8 Å². The maximum absolute atomic E-state index is 12.2. The van der Waals surface area contributed by atoms with E-state index in [2.05, 4.69) is 5.32 Å². The molecule has 1 heterocycles. The van der Waals surface area contributed by atoms with Gasteiger partial charge in [0.15, 0.2) is 0 Å². The Labute approximate surface area is 117 Å². The molecule has 102 valence electrons. The molecule has 4 nitrogen and oxygen atoms in total. The van der Waals surface area contributed by atoms with Gasteiger partial charge in [0, 0.05) is 17.8 Å². The third kappa shape index (κ3) is 2.57. The fourth-order valence-electron chi connectivity index (χ4n) is 2.24. The number of rotatable bonds is 3. The van der Waals surface area contributed by atoms with Gasteiger partial charge in [-0.2, -0.15) is 0 Å². The van der Waals surface area contributed by atoms with Gasteiger partial charge >= 0.3 is 0 Å². The molecule has 0 saturated carbocycles. The first kappa shape index (κ1) is 12.8. The van der Waals surface area contributed by atoms with Crippen LogP contribution in [0, 0.1) is 0 Å². The maximum Gasteiger partial charge on any atom is 0.255 e. The Morgan fingerprint density at radius 2 is 1.85 bits per heavy atom. The van der Waals surface area contributed by atoms with Gasteiger partial charge in [-0.15, -0.1) is 0 Å². The Balaban J connectivity index is 1.75. The van der Waals surface area contributed by atoms with Crippen LogP contribution in [0.2, 0.25) is 0 Å². The van der Waals surface area contributed by atoms with Crippen LogP contribution in [0.25, 0.3) is 0 Å². The maximum atomic E-state index is 12.2. The molecule has 0 spiro atoms. The monoisotopic (exact) mass is 268 g/mol. The molecule has 1 aliphatic heterocycles. The topological polar surface area (TPSA) is 64.3 Å². The van der Waals surface area contributed by atoms with Crippen LogP contribution in [0.5, 0.6) is 0 Å². The summed E-state index contributed by atoms with van der Waals surface area (Å²) in [6.07, 6.45) is 0. The summed E-state index contributed by atoms with van der Waals surface area (Å²) in [6, 6.07) is 13.2. The predicted molar refractivity (Wildman–Crippen MR) is 77.2 cm³/mol. The molecule has 4 heteroatoms. The Morgan fingerprint density at radius 3 is 2.60 bits per heavy atom. The number of amides is 1. The van der Waals surface area contributed by atoms with Crippen LogP contribution < -0.4 is 11.1 Å². The van der Waals surface area contributed by atoms with E-state index in [0.717, 1.165) is 22.4 Å². The minimum atomic E-state index is -0.111. The van der Waals surface area contributed by atoms with Crippen molar-refractivity contribution in [2.45, 2.75) is 19.8 Å². The number of benzene rings is 2. The molecule has 0 saturated heterocycles. The number of carbonyl (C=O) groups excluding carboxylic acids is 1. The second-order valence-corrected chi connectivity index (χ2v) is 4.83. The summed E-state index contributed by atoms with van der Waals surface area (Å²) in [7, 11) is 0. The number of nitrogens with one attached hydrogen (secondary N) is 1. The van der Waals surface area contributed by atoms with Crippen molar-refractivity contribution in [1.82, 2.24) is 0 Å². The lowest BCUT2D eigenvalue weighted by atomic mass is 10.1. The van der Waals surface area contributed by atoms with Crippen LogP contribution in [-0.4, -0.2) is 5.91 Å². The molecule has 0 radical (unpaired) electrons. The van der Waals surface area contributed by atoms with E-state index in [1.54, 1.807) is 0 Å². The van der Waals surface area contributed by atoms with Crippen LogP contribution in [0.15, 0.2) is 42.5 Å². The molecule has 20 heavy (non-hydrogen) atoms. The molecule has 0 bridgehead atoms. The lowest BCUT2D eigenvalue weighted by Crippen LogP contribution is -2.12. The predicted octanol–water partition coefficient (Wildman–Crippen LogP) is 2.43. The molecular formula is C16H16N2O2. The number of carbonyl (C=O) groups is 1. The molecule has 0 unspecified atom stereocenters. The van der Waals surface area contributed by atoms with Crippen LogP contribution in [0.4, 0.5) is 5.69 Å². The fourth-order valence-corrected chi connectivity index (χ4v) is 2.24. The zero-order valence-electron chi connectivity index (χ0n) is 11.1. The first-order valence-electron chi connectivity index (χ1n) is 6.56. The van der Waals surface area contributed by atoms with Gasteiger partial charge in [0.2, 0.25) is 0 Å². The minimum Gasteiger partial charge on any atom is -0.372 e. The largest absolute Gasteiger partial charge is 0.372 e. The van der Waals surface area contributed by atoms with Gasteiger partial charge in [-0.1, -0.05) is 18.2 Å². The van der Waals surface area contributed by atoms with Gasteiger partial charge in [0.25, 0.3) is 5.91 Å². The Bertz CT molecular complexity index is 635. The highest BCUT2D eigenvalue weighted by atomic mass is 16.5. The normalized spacial score (nSPS) is 13.1. The van der Waals surface area contributed by atoms with E-state index in [1.165, 1.54) is 0 Å². The first-order valence-corrected chi connectivity index (χ1v) is 6.56. The third-order valence-electron chi connectivity index (χ3n) is 3.43. The van der Waals surface area contributed by atoms with Crippen LogP contribution in [0.3, 0.4) is 0 Å². The van der Waals surface area contributed by atoms with Crippen molar-refractivity contribution in [3.8, 4) is 0 Å². The summed E-state index contributed by atoms with van der Waals surface area (Å²) < 4.78 is 5.35. The highest BCUT2D eigenvalue weighted by molar-refractivity contribution is 6.04. The van der Waals surface area contributed by atoms with Gasteiger partial charge in [-0.3, -0.25) is 4.79 Å². The Morgan fingerprint density at radius 1 is 1.10 bits per heavy atom. The number of fused-ring (bicyclic) bond motifs is 1. The molecule has 0 aromatic heterocycles. The molecule has 2 aromatic rings. The molecular weight excluding hydrogens is 252 g/mol. The zero-order valence-corrected chi connectivity index (χ0v) is 11.1. The van der Waals surface area contributed by atoms with Gasteiger partial charge in [-0.05, 0) is 41.0 Å².